The lowest BCUT2D eigenvalue weighted by atomic mass is 9.90. The van der Waals surface area contributed by atoms with E-state index < -0.39 is 5.92 Å². The number of hydrogen-bond donors (Lipinski definition) is 1. The number of amides is 1. The van der Waals surface area contributed by atoms with E-state index in [0.29, 0.717) is 45.7 Å². The van der Waals surface area contributed by atoms with Gasteiger partial charge in [0.25, 0.3) is 5.92 Å². The van der Waals surface area contributed by atoms with Crippen LogP contribution >= 0.6 is 0 Å². The number of carbonyl (C=O) groups is 1. The summed E-state index contributed by atoms with van der Waals surface area (Å²) in [6, 6.07) is 8.75. The van der Waals surface area contributed by atoms with Crippen LogP contribution in [0.4, 0.5) is 18.9 Å². The Labute approximate surface area is 238 Å². The van der Waals surface area contributed by atoms with E-state index in [1.54, 1.807) is 12.1 Å². The van der Waals surface area contributed by atoms with E-state index in [1.807, 2.05) is 15.5 Å². The molecule has 3 aliphatic heterocycles. The molecule has 0 aliphatic carbocycles. The second kappa shape index (κ2) is 10.7. The number of benzene rings is 1. The maximum Gasteiger partial charge on any atom is 0.250 e. The van der Waals surface area contributed by atoms with Crippen LogP contribution in [0.15, 0.2) is 36.7 Å². The van der Waals surface area contributed by atoms with Crippen LogP contribution in [0.5, 0.6) is 0 Å². The fourth-order valence-electron chi connectivity index (χ4n) is 6.63. The number of fused-ring (bicyclic) bond motifs is 3. The third-order valence-corrected chi connectivity index (χ3v) is 8.82. The van der Waals surface area contributed by atoms with Crippen molar-refractivity contribution < 1.29 is 18.0 Å². The summed E-state index contributed by atoms with van der Waals surface area (Å²) in [5.74, 6) is -2.85. The van der Waals surface area contributed by atoms with Crippen molar-refractivity contribution in [3.63, 3.8) is 0 Å². The number of halogens is 3. The topological polar surface area (TPSA) is 69.0 Å². The van der Waals surface area contributed by atoms with Crippen molar-refractivity contribution in [2.75, 3.05) is 50.7 Å². The number of likely N-dealkylation sites (tertiary alicyclic amines) is 1. The third kappa shape index (κ3) is 5.72. The molecule has 41 heavy (non-hydrogen) atoms. The molecule has 2 atom stereocenters. The molecule has 1 aromatic carbocycles. The number of anilines is 1. The van der Waals surface area contributed by atoms with Gasteiger partial charge in [-0.15, -0.1) is 0 Å². The van der Waals surface area contributed by atoms with Crippen LogP contribution in [-0.4, -0.2) is 94.1 Å². The molecule has 0 unspecified atom stereocenters. The van der Waals surface area contributed by atoms with Crippen molar-refractivity contribution in [1.82, 2.24) is 29.7 Å². The van der Waals surface area contributed by atoms with Crippen LogP contribution in [0.25, 0.3) is 5.65 Å². The van der Waals surface area contributed by atoms with E-state index in [-0.39, 0.29) is 48.6 Å². The van der Waals surface area contributed by atoms with Crippen molar-refractivity contribution in [2.45, 2.75) is 63.5 Å². The number of pyridine rings is 1. The number of hydrogen-bond acceptors (Lipinski definition) is 6. The zero-order chi connectivity index (χ0) is 28.9. The van der Waals surface area contributed by atoms with Crippen molar-refractivity contribution in [1.29, 1.82) is 0 Å². The number of nitrogens with zero attached hydrogens (tertiary/aromatic N) is 6. The van der Waals surface area contributed by atoms with Crippen LogP contribution < -0.4 is 10.2 Å². The number of nitrogens with one attached hydrogen (secondary N) is 1. The first-order valence-corrected chi connectivity index (χ1v) is 14.5. The number of piperidine rings is 1. The molecular formula is C30H38F3N7O. The third-order valence-electron chi connectivity index (χ3n) is 8.82. The maximum absolute atomic E-state index is 14.0. The van der Waals surface area contributed by atoms with Crippen molar-refractivity contribution in [3.05, 3.63) is 59.3 Å². The summed E-state index contributed by atoms with van der Waals surface area (Å²) >= 11 is 0. The first kappa shape index (κ1) is 28.1. The van der Waals surface area contributed by atoms with Crippen LogP contribution in [0.3, 0.4) is 0 Å². The second-order valence-corrected chi connectivity index (χ2v) is 12.6. The zero-order valence-electron chi connectivity index (χ0n) is 23.9. The minimum Gasteiger partial charge on any atom is -0.311 e. The number of aromatic nitrogens is 3. The smallest absolute Gasteiger partial charge is 0.250 e. The van der Waals surface area contributed by atoms with Gasteiger partial charge in [-0.05, 0) is 30.7 Å². The van der Waals surface area contributed by atoms with Crippen LogP contribution in [0.2, 0.25) is 0 Å². The van der Waals surface area contributed by atoms with E-state index in [0.717, 1.165) is 28.2 Å². The predicted octanol–water partition coefficient (Wildman–Crippen LogP) is 3.48. The van der Waals surface area contributed by atoms with E-state index >= 15 is 0 Å². The Bertz CT molecular complexity index is 1410. The standard InChI is InChI=1S/C30H38F3N7O/c1-20-15-38(24(14-34-20)16-37-10-8-30(32,33)9-11-37)17-26(41)39-18-29(2,3)27-25(39)13-22(28-35-19-36-40(27)28)12-21-4-6-23(31)7-5-21/h4-7,13,19-20,24,34H,8-12,14-18H2,1-3H3/t20-,24-/m1/s1. The molecular weight excluding hydrogens is 531 g/mol. The predicted molar refractivity (Wildman–Crippen MR) is 151 cm³/mol. The average molecular weight is 570 g/mol. The molecule has 6 rings (SSSR count). The van der Waals surface area contributed by atoms with E-state index in [1.165, 1.54) is 18.5 Å². The SMILES string of the molecule is C[C@@H]1CN(CC(=O)N2CC(C)(C)c3c2cc(Cc2ccc(F)cc2)c2ncnn32)[C@@H](CN2CCC(F)(F)CC2)CN1. The molecule has 8 nitrogen and oxygen atoms in total. The summed E-state index contributed by atoms with van der Waals surface area (Å²) in [7, 11) is 0. The molecule has 11 heteroatoms. The summed E-state index contributed by atoms with van der Waals surface area (Å²) in [5, 5.41) is 8.05. The largest absolute Gasteiger partial charge is 0.311 e. The van der Waals surface area contributed by atoms with E-state index in [2.05, 4.69) is 46.0 Å². The molecule has 1 amide bonds. The molecule has 0 bridgehead atoms. The molecule has 0 saturated carbocycles. The minimum absolute atomic E-state index is 0.00769. The monoisotopic (exact) mass is 569 g/mol. The summed E-state index contributed by atoms with van der Waals surface area (Å²) < 4.78 is 42.8. The van der Waals surface area contributed by atoms with Gasteiger partial charge in [-0.1, -0.05) is 26.0 Å². The molecule has 2 aromatic heterocycles. The van der Waals surface area contributed by atoms with E-state index in [9.17, 15) is 18.0 Å². The van der Waals surface area contributed by atoms with Gasteiger partial charge in [0, 0.05) is 81.6 Å². The van der Waals surface area contributed by atoms with Gasteiger partial charge in [0.05, 0.1) is 17.9 Å². The van der Waals surface area contributed by atoms with Gasteiger partial charge in [0.15, 0.2) is 5.65 Å². The van der Waals surface area contributed by atoms with Crippen LogP contribution in [0, 0.1) is 5.82 Å². The lowest BCUT2D eigenvalue weighted by Crippen LogP contribution is -2.61. The van der Waals surface area contributed by atoms with Gasteiger partial charge in [-0.25, -0.2) is 22.7 Å². The van der Waals surface area contributed by atoms with Gasteiger partial charge in [0.1, 0.15) is 12.1 Å². The first-order valence-electron chi connectivity index (χ1n) is 14.5. The van der Waals surface area contributed by atoms with E-state index in [4.69, 9.17) is 0 Å². The van der Waals surface area contributed by atoms with Crippen molar-refractivity contribution >= 4 is 17.2 Å². The fraction of sp³-hybridized carbons (Fsp3) is 0.567. The lowest BCUT2D eigenvalue weighted by Gasteiger charge is -2.43. The highest BCUT2D eigenvalue weighted by molar-refractivity contribution is 5.97. The van der Waals surface area contributed by atoms with Crippen molar-refractivity contribution in [2.24, 2.45) is 0 Å². The zero-order valence-corrected chi connectivity index (χ0v) is 23.9. The minimum atomic E-state index is -2.58. The highest BCUT2D eigenvalue weighted by Crippen LogP contribution is 2.42. The molecule has 3 aromatic rings. The van der Waals surface area contributed by atoms with Gasteiger partial charge in [0.2, 0.25) is 5.91 Å². The molecule has 2 saturated heterocycles. The summed E-state index contributed by atoms with van der Waals surface area (Å²) in [6.07, 6.45) is 1.84. The quantitative estimate of drug-likeness (QED) is 0.491. The Morgan fingerprint density at radius 2 is 1.88 bits per heavy atom. The van der Waals surface area contributed by atoms with Crippen LogP contribution in [0.1, 0.15) is 50.4 Å². The van der Waals surface area contributed by atoms with Gasteiger partial charge < -0.3 is 15.1 Å². The van der Waals surface area contributed by atoms with Gasteiger partial charge >= 0.3 is 0 Å². The average Bonchev–Trinajstić information content (AvgIpc) is 3.50. The number of piperazine rings is 1. The lowest BCUT2D eigenvalue weighted by molar-refractivity contribution is -0.121. The summed E-state index contributed by atoms with van der Waals surface area (Å²) in [5.41, 5.74) is 4.02. The highest BCUT2D eigenvalue weighted by Gasteiger charge is 2.43. The molecule has 1 N–H and O–H groups in total. The molecule has 3 aliphatic rings. The Morgan fingerprint density at radius 1 is 1.15 bits per heavy atom. The summed E-state index contributed by atoms with van der Waals surface area (Å²) in [6.45, 7) is 9.93. The second-order valence-electron chi connectivity index (χ2n) is 12.6. The van der Waals surface area contributed by atoms with Crippen LogP contribution in [-0.2, 0) is 16.6 Å². The Balaban J connectivity index is 1.25. The Kier molecular flexibility index (Phi) is 7.32. The Morgan fingerprint density at radius 3 is 2.61 bits per heavy atom. The highest BCUT2D eigenvalue weighted by atomic mass is 19.3. The summed E-state index contributed by atoms with van der Waals surface area (Å²) in [4.78, 5) is 24.8. The number of rotatable bonds is 6. The molecule has 2 fully saturated rings. The Hall–Kier alpha value is -3.02. The normalized spacial score (nSPS) is 24.6. The van der Waals surface area contributed by atoms with Gasteiger partial charge in [-0.2, -0.15) is 5.10 Å². The van der Waals surface area contributed by atoms with Gasteiger partial charge in [-0.3, -0.25) is 9.69 Å². The molecule has 0 radical (unpaired) electrons. The number of alkyl halides is 2. The molecule has 5 heterocycles. The molecule has 0 spiro atoms. The van der Waals surface area contributed by atoms with Crippen molar-refractivity contribution in [3.8, 4) is 0 Å². The fourth-order valence-corrected chi connectivity index (χ4v) is 6.63. The first-order chi connectivity index (χ1) is 19.5. The molecule has 220 valence electrons. The maximum atomic E-state index is 14.0. The number of carbonyl (C=O) groups excluding carboxylic acids is 1.